The summed E-state index contributed by atoms with van der Waals surface area (Å²) in [5, 5.41) is 3.29. The summed E-state index contributed by atoms with van der Waals surface area (Å²) in [6.07, 6.45) is 20.8. The molecule has 4 aliphatic carbocycles. The van der Waals surface area contributed by atoms with Crippen LogP contribution in [0.15, 0.2) is 54.8 Å². The number of pyridine rings is 1. The van der Waals surface area contributed by atoms with Gasteiger partial charge in [0.1, 0.15) is 0 Å². The zero-order valence-corrected chi connectivity index (χ0v) is 20.6. The second kappa shape index (κ2) is 7.93. The number of nitrogens with one attached hydrogen (secondary N) is 1. The summed E-state index contributed by atoms with van der Waals surface area (Å²) in [7, 11) is 0. The molecule has 2 fully saturated rings. The van der Waals surface area contributed by atoms with Gasteiger partial charge in [-0.25, -0.2) is 4.98 Å². The van der Waals surface area contributed by atoms with Crippen LogP contribution in [-0.2, 0) is 0 Å². The molecule has 0 radical (unpaired) electrons. The molecule has 6 atom stereocenters. The quantitative estimate of drug-likeness (QED) is 0.594. The van der Waals surface area contributed by atoms with Gasteiger partial charge in [0.25, 0.3) is 5.91 Å². The molecule has 34 heavy (non-hydrogen) atoms. The fourth-order valence-electron chi connectivity index (χ4n) is 8.05. The highest BCUT2D eigenvalue weighted by molar-refractivity contribution is 5.94. The minimum Gasteiger partial charge on any atom is -0.349 e. The summed E-state index contributed by atoms with van der Waals surface area (Å²) in [6.45, 7) is 7.11. The molecule has 1 N–H and O–H groups in total. The van der Waals surface area contributed by atoms with Crippen LogP contribution >= 0.6 is 0 Å². The maximum absolute atomic E-state index is 12.7. The lowest BCUT2D eigenvalue weighted by molar-refractivity contribution is -0.0137. The van der Waals surface area contributed by atoms with Gasteiger partial charge in [0.15, 0.2) is 0 Å². The SMILES string of the molecule is Cc1cn(C2=CC[C@H]3[C@@H]4CC=C5C[C@@H](NC(=O)c6cccnc6)CC[C@]5(C)[C@H]4CC[C@]23C)cn1. The normalized spacial score (nSPS) is 36.6. The van der Waals surface area contributed by atoms with Crippen molar-refractivity contribution in [3.8, 4) is 0 Å². The molecule has 2 aromatic rings. The van der Waals surface area contributed by atoms with Crippen LogP contribution < -0.4 is 5.32 Å². The van der Waals surface area contributed by atoms with Crippen molar-refractivity contribution in [2.45, 2.75) is 71.8 Å². The number of hydrogen-bond acceptors (Lipinski definition) is 3. The lowest BCUT2D eigenvalue weighted by atomic mass is 9.47. The molecule has 2 saturated carbocycles. The number of rotatable bonds is 3. The van der Waals surface area contributed by atoms with Crippen LogP contribution in [0.2, 0.25) is 0 Å². The first kappa shape index (κ1) is 21.8. The smallest absolute Gasteiger partial charge is 0.253 e. The van der Waals surface area contributed by atoms with E-state index >= 15 is 0 Å². The van der Waals surface area contributed by atoms with Crippen LogP contribution in [0.5, 0.6) is 0 Å². The molecule has 2 heterocycles. The highest BCUT2D eigenvalue weighted by atomic mass is 16.1. The number of imidazole rings is 1. The van der Waals surface area contributed by atoms with Crippen LogP contribution in [0.3, 0.4) is 0 Å². The number of hydrogen-bond donors (Lipinski definition) is 1. The molecular formula is C29H36N4O. The summed E-state index contributed by atoms with van der Waals surface area (Å²) < 4.78 is 2.29. The Kier molecular flexibility index (Phi) is 5.09. The van der Waals surface area contributed by atoms with E-state index in [0.29, 0.717) is 11.5 Å². The molecule has 5 nitrogen and oxygen atoms in total. The molecule has 4 aliphatic rings. The number of allylic oxidation sites excluding steroid dienone is 3. The average Bonchev–Trinajstić information content (AvgIpc) is 3.42. The van der Waals surface area contributed by atoms with Crippen LogP contribution in [0.25, 0.3) is 5.70 Å². The van der Waals surface area contributed by atoms with Crippen molar-refractivity contribution in [2.75, 3.05) is 0 Å². The Balaban J connectivity index is 1.20. The van der Waals surface area contributed by atoms with Gasteiger partial charge in [-0.2, -0.15) is 0 Å². The number of aryl methyl sites for hydroxylation is 1. The first-order valence-electron chi connectivity index (χ1n) is 13.0. The van der Waals surface area contributed by atoms with Crippen LogP contribution in [-0.4, -0.2) is 26.5 Å². The molecule has 0 bridgehead atoms. The number of fused-ring (bicyclic) bond motifs is 5. The maximum Gasteiger partial charge on any atom is 0.253 e. The highest BCUT2D eigenvalue weighted by Gasteiger charge is 2.57. The van der Waals surface area contributed by atoms with Gasteiger partial charge in [0, 0.05) is 35.7 Å². The predicted octanol–water partition coefficient (Wildman–Crippen LogP) is 5.80. The van der Waals surface area contributed by atoms with Crippen molar-refractivity contribution in [1.29, 1.82) is 0 Å². The van der Waals surface area contributed by atoms with Gasteiger partial charge in [-0.1, -0.05) is 31.6 Å². The summed E-state index contributed by atoms with van der Waals surface area (Å²) in [5.41, 5.74) is 5.32. The third kappa shape index (κ3) is 3.30. The Labute approximate surface area is 202 Å². The molecule has 0 saturated heterocycles. The number of amides is 1. The second-order valence-electron chi connectivity index (χ2n) is 11.6. The summed E-state index contributed by atoms with van der Waals surface area (Å²) in [4.78, 5) is 21.3. The predicted molar refractivity (Wildman–Crippen MR) is 134 cm³/mol. The minimum absolute atomic E-state index is 0.00344. The van der Waals surface area contributed by atoms with Crippen molar-refractivity contribution >= 4 is 11.6 Å². The van der Waals surface area contributed by atoms with Gasteiger partial charge in [-0.15, -0.1) is 0 Å². The van der Waals surface area contributed by atoms with E-state index < -0.39 is 0 Å². The van der Waals surface area contributed by atoms with Crippen molar-refractivity contribution in [3.63, 3.8) is 0 Å². The number of carbonyl (C=O) groups is 1. The molecule has 0 aromatic carbocycles. The molecule has 2 aromatic heterocycles. The van der Waals surface area contributed by atoms with E-state index in [4.69, 9.17) is 0 Å². The number of carbonyl (C=O) groups excluding carboxylic acids is 1. The van der Waals surface area contributed by atoms with E-state index in [-0.39, 0.29) is 22.8 Å². The topological polar surface area (TPSA) is 59.8 Å². The lowest BCUT2D eigenvalue weighted by Crippen LogP contribution is -2.51. The first-order valence-corrected chi connectivity index (χ1v) is 13.0. The summed E-state index contributed by atoms with van der Waals surface area (Å²) in [6, 6.07) is 3.89. The fourth-order valence-corrected chi connectivity index (χ4v) is 8.05. The van der Waals surface area contributed by atoms with Crippen LogP contribution in [0, 0.1) is 35.5 Å². The van der Waals surface area contributed by atoms with Gasteiger partial charge in [-0.05, 0) is 87.2 Å². The van der Waals surface area contributed by atoms with E-state index in [1.54, 1.807) is 18.0 Å². The third-order valence-electron chi connectivity index (χ3n) is 9.89. The Morgan fingerprint density at radius 1 is 1.12 bits per heavy atom. The fraction of sp³-hybridized carbons (Fsp3) is 0.552. The van der Waals surface area contributed by atoms with Gasteiger partial charge in [0.05, 0.1) is 17.6 Å². The van der Waals surface area contributed by atoms with Gasteiger partial charge < -0.3 is 9.88 Å². The molecule has 178 valence electrons. The van der Waals surface area contributed by atoms with E-state index in [0.717, 1.165) is 30.4 Å². The lowest BCUT2D eigenvalue weighted by Gasteiger charge is -2.58. The molecule has 0 aliphatic heterocycles. The molecular weight excluding hydrogens is 420 g/mol. The van der Waals surface area contributed by atoms with Gasteiger partial charge in [0.2, 0.25) is 0 Å². The maximum atomic E-state index is 12.7. The second-order valence-corrected chi connectivity index (χ2v) is 11.6. The number of aromatic nitrogens is 3. The standard InChI is InChI=1S/C29H36N4O/c1-19-17-33(18-31-19)26-9-8-24-23-7-6-21-15-22(32-27(34)20-5-4-14-30-16-20)10-12-28(21,2)25(23)11-13-29(24,26)3/h4-6,9,14,16-18,22-25H,7-8,10-13,15H2,1-3H3,(H,32,34)/t22-,23-,24-,25-,28-,29-/m0/s1. The zero-order chi connectivity index (χ0) is 23.5. The largest absolute Gasteiger partial charge is 0.349 e. The molecule has 5 heteroatoms. The Morgan fingerprint density at radius 3 is 2.74 bits per heavy atom. The van der Waals surface area contributed by atoms with Crippen LogP contribution in [0.1, 0.15) is 74.8 Å². The van der Waals surface area contributed by atoms with E-state index in [1.165, 1.54) is 37.8 Å². The molecule has 0 spiro atoms. The average molecular weight is 457 g/mol. The van der Waals surface area contributed by atoms with Gasteiger partial charge in [-0.3, -0.25) is 9.78 Å². The van der Waals surface area contributed by atoms with E-state index in [9.17, 15) is 4.79 Å². The monoisotopic (exact) mass is 456 g/mol. The zero-order valence-electron chi connectivity index (χ0n) is 20.6. The summed E-state index contributed by atoms with van der Waals surface area (Å²) >= 11 is 0. The van der Waals surface area contributed by atoms with Crippen molar-refractivity contribution in [1.82, 2.24) is 19.9 Å². The van der Waals surface area contributed by atoms with Crippen LogP contribution in [0.4, 0.5) is 0 Å². The van der Waals surface area contributed by atoms with E-state index in [2.05, 4.69) is 59.0 Å². The third-order valence-corrected chi connectivity index (χ3v) is 9.89. The highest BCUT2D eigenvalue weighted by Crippen LogP contribution is 2.65. The number of nitrogens with zero attached hydrogens (tertiary/aromatic N) is 3. The summed E-state index contributed by atoms with van der Waals surface area (Å²) in [5.74, 6) is 2.20. The molecule has 1 amide bonds. The van der Waals surface area contributed by atoms with Crippen molar-refractivity contribution in [3.05, 3.63) is 66.0 Å². The minimum atomic E-state index is 0.00344. The van der Waals surface area contributed by atoms with Crippen molar-refractivity contribution in [2.24, 2.45) is 28.6 Å². The van der Waals surface area contributed by atoms with Gasteiger partial charge >= 0.3 is 0 Å². The molecule has 6 rings (SSSR count). The first-order chi connectivity index (χ1) is 16.4. The Hall–Kier alpha value is -2.69. The van der Waals surface area contributed by atoms with E-state index in [1.807, 2.05) is 18.5 Å². The Bertz CT molecular complexity index is 1160. The van der Waals surface area contributed by atoms with Crippen molar-refractivity contribution < 1.29 is 4.79 Å². The molecule has 0 unspecified atom stereocenters. The Morgan fingerprint density at radius 2 is 1.97 bits per heavy atom.